The van der Waals surface area contributed by atoms with Crippen LogP contribution in [-0.2, 0) is 0 Å². The maximum Gasteiger partial charge on any atom is 0.343 e. The van der Waals surface area contributed by atoms with Crippen LogP contribution < -0.4 is 23.7 Å². The monoisotopic (exact) mass is 464 g/mol. The number of rotatable bonds is 6. The number of benzene rings is 3. The van der Waals surface area contributed by atoms with Gasteiger partial charge in [0.25, 0.3) is 0 Å². The van der Waals surface area contributed by atoms with E-state index < -0.39 is 11.8 Å². The normalized spacial score (nSPS) is 13.3. The number of esters is 1. The van der Waals surface area contributed by atoms with Crippen molar-refractivity contribution in [1.29, 1.82) is 0 Å². The first-order valence-corrected chi connectivity index (χ1v) is 10.2. The van der Waals surface area contributed by atoms with Crippen molar-refractivity contribution in [2.45, 2.75) is 6.92 Å². The molecule has 34 heavy (non-hydrogen) atoms. The van der Waals surface area contributed by atoms with Crippen molar-refractivity contribution >= 4 is 17.8 Å². The summed E-state index contributed by atoms with van der Waals surface area (Å²) in [6.45, 7) is 1.71. The van der Waals surface area contributed by atoms with E-state index in [2.05, 4.69) is 0 Å². The summed E-state index contributed by atoms with van der Waals surface area (Å²) in [6.07, 6.45) is 1.46. The molecule has 0 aromatic heterocycles. The Kier molecular flexibility index (Phi) is 6.23. The number of ketones is 1. The van der Waals surface area contributed by atoms with Crippen LogP contribution in [0.2, 0.25) is 0 Å². The molecule has 0 saturated carbocycles. The number of methoxy groups -OCH3 is 3. The highest BCUT2D eigenvalue weighted by molar-refractivity contribution is 6.15. The van der Waals surface area contributed by atoms with Crippen LogP contribution in [0.25, 0.3) is 6.08 Å². The topological polar surface area (TPSA) is 80.3 Å². The van der Waals surface area contributed by atoms with Gasteiger partial charge in [0.05, 0.1) is 32.5 Å². The van der Waals surface area contributed by atoms with E-state index in [0.29, 0.717) is 33.9 Å². The maximum absolute atomic E-state index is 13.5. The number of hydrogen-bond acceptors (Lipinski definition) is 7. The van der Waals surface area contributed by atoms with Crippen molar-refractivity contribution in [3.8, 4) is 28.7 Å². The minimum Gasteiger partial charge on any atom is -0.493 e. The van der Waals surface area contributed by atoms with Crippen molar-refractivity contribution in [2.24, 2.45) is 0 Å². The Balaban J connectivity index is 1.62. The highest BCUT2D eigenvalue weighted by Gasteiger charge is 2.30. The summed E-state index contributed by atoms with van der Waals surface area (Å²) in [6, 6.07) is 11.8. The van der Waals surface area contributed by atoms with E-state index in [0.717, 1.165) is 0 Å². The molecule has 0 radical (unpaired) electrons. The molecule has 0 bridgehead atoms. The number of carbonyl (C=O) groups excluding carboxylic acids is 2. The molecule has 0 N–H and O–H groups in total. The summed E-state index contributed by atoms with van der Waals surface area (Å²) in [4.78, 5) is 25.7. The van der Waals surface area contributed by atoms with Gasteiger partial charge in [-0.15, -0.1) is 0 Å². The molecule has 3 aromatic rings. The summed E-state index contributed by atoms with van der Waals surface area (Å²) in [5, 5.41) is 0. The van der Waals surface area contributed by atoms with E-state index in [-0.39, 0.29) is 28.6 Å². The zero-order chi connectivity index (χ0) is 24.4. The summed E-state index contributed by atoms with van der Waals surface area (Å²) >= 11 is 0. The van der Waals surface area contributed by atoms with Gasteiger partial charge >= 0.3 is 5.97 Å². The van der Waals surface area contributed by atoms with E-state index in [9.17, 15) is 14.0 Å². The van der Waals surface area contributed by atoms with Crippen LogP contribution in [0.1, 0.15) is 31.8 Å². The van der Waals surface area contributed by atoms with Gasteiger partial charge in [-0.25, -0.2) is 9.18 Å². The smallest absolute Gasteiger partial charge is 0.343 e. The quantitative estimate of drug-likeness (QED) is 0.289. The molecule has 1 heterocycles. The standard InChI is InChI=1S/C26H21FO7/c1-14-8-18(33-26(29)16-11-21(30-2)25(32-4)22(12-16)31-3)13-19-23(14)24(28)20(34-19)10-15-6-5-7-17(27)9-15/h5-13H,1-4H3/b20-10-. The summed E-state index contributed by atoms with van der Waals surface area (Å²) in [7, 11) is 4.35. The van der Waals surface area contributed by atoms with Gasteiger partial charge in [-0.2, -0.15) is 0 Å². The average molecular weight is 464 g/mol. The zero-order valence-electron chi connectivity index (χ0n) is 18.9. The number of hydrogen-bond donors (Lipinski definition) is 0. The lowest BCUT2D eigenvalue weighted by atomic mass is 10.0. The third-order valence-electron chi connectivity index (χ3n) is 5.20. The number of carbonyl (C=O) groups is 2. The molecule has 7 nitrogen and oxygen atoms in total. The lowest BCUT2D eigenvalue weighted by Gasteiger charge is -2.14. The van der Waals surface area contributed by atoms with Crippen LogP contribution in [-0.4, -0.2) is 33.1 Å². The maximum atomic E-state index is 13.5. The van der Waals surface area contributed by atoms with E-state index in [1.807, 2.05) is 0 Å². The van der Waals surface area contributed by atoms with Gasteiger partial charge in [-0.3, -0.25) is 4.79 Å². The van der Waals surface area contributed by atoms with Crippen LogP contribution in [0.3, 0.4) is 0 Å². The molecule has 3 aromatic carbocycles. The summed E-state index contributed by atoms with van der Waals surface area (Å²) in [5.74, 6) is 0.0265. The fraction of sp³-hybridized carbons (Fsp3) is 0.154. The molecule has 0 spiro atoms. The largest absolute Gasteiger partial charge is 0.493 e. The van der Waals surface area contributed by atoms with Crippen LogP contribution in [0.15, 0.2) is 54.3 Å². The van der Waals surface area contributed by atoms with E-state index >= 15 is 0 Å². The van der Waals surface area contributed by atoms with Crippen molar-refractivity contribution in [3.63, 3.8) is 0 Å². The van der Waals surface area contributed by atoms with E-state index in [1.54, 1.807) is 25.1 Å². The number of ether oxygens (including phenoxy) is 5. The zero-order valence-corrected chi connectivity index (χ0v) is 18.9. The molecule has 0 amide bonds. The van der Waals surface area contributed by atoms with Crippen molar-refractivity contribution in [2.75, 3.05) is 21.3 Å². The number of halogens is 1. The molecule has 0 unspecified atom stereocenters. The molecule has 1 aliphatic rings. The van der Waals surface area contributed by atoms with Crippen LogP contribution >= 0.6 is 0 Å². The van der Waals surface area contributed by atoms with Gasteiger partial charge in [0, 0.05) is 6.07 Å². The molecule has 0 aliphatic carbocycles. The van der Waals surface area contributed by atoms with E-state index in [4.69, 9.17) is 23.7 Å². The van der Waals surface area contributed by atoms with Crippen molar-refractivity contribution in [3.05, 3.63) is 82.4 Å². The molecule has 0 saturated heterocycles. The van der Waals surface area contributed by atoms with Crippen LogP contribution in [0.4, 0.5) is 4.39 Å². The molecule has 4 rings (SSSR count). The van der Waals surface area contributed by atoms with Crippen LogP contribution in [0, 0.1) is 12.7 Å². The van der Waals surface area contributed by atoms with Crippen molar-refractivity contribution in [1.82, 2.24) is 0 Å². The molecule has 8 heteroatoms. The van der Waals surface area contributed by atoms with Gasteiger partial charge in [-0.05, 0) is 54.5 Å². The van der Waals surface area contributed by atoms with Gasteiger partial charge in [0.15, 0.2) is 17.3 Å². The highest BCUT2D eigenvalue weighted by Crippen LogP contribution is 2.40. The number of aryl methyl sites for hydroxylation is 1. The number of fused-ring (bicyclic) bond motifs is 1. The molecular formula is C26H21FO7. The van der Waals surface area contributed by atoms with Crippen LogP contribution in [0.5, 0.6) is 28.7 Å². The first kappa shape index (κ1) is 22.8. The first-order valence-electron chi connectivity index (χ1n) is 10.2. The van der Waals surface area contributed by atoms with Gasteiger partial charge < -0.3 is 23.7 Å². The second kappa shape index (κ2) is 9.27. The minimum atomic E-state index is -0.668. The Hall–Kier alpha value is -4.33. The SMILES string of the molecule is COc1cc(C(=O)Oc2cc(C)c3c(c2)O/C(=C\c2cccc(F)c2)C3=O)cc(OC)c1OC. The third kappa shape index (κ3) is 4.30. The Labute approximate surface area is 195 Å². The predicted molar refractivity (Wildman–Crippen MR) is 122 cm³/mol. The predicted octanol–water partition coefficient (Wildman–Crippen LogP) is 5.00. The Bertz CT molecular complexity index is 1300. The lowest BCUT2D eigenvalue weighted by molar-refractivity contribution is 0.0733. The van der Waals surface area contributed by atoms with Gasteiger partial charge in [0.1, 0.15) is 17.3 Å². The fourth-order valence-corrected chi connectivity index (χ4v) is 3.65. The Morgan fingerprint density at radius 3 is 2.29 bits per heavy atom. The van der Waals surface area contributed by atoms with Crippen molar-refractivity contribution < 1.29 is 37.7 Å². The lowest BCUT2D eigenvalue weighted by Crippen LogP contribution is -2.10. The number of allylic oxidation sites excluding steroid dienone is 1. The molecular weight excluding hydrogens is 443 g/mol. The molecule has 1 aliphatic heterocycles. The fourth-order valence-electron chi connectivity index (χ4n) is 3.65. The Morgan fingerprint density at radius 1 is 0.971 bits per heavy atom. The van der Waals surface area contributed by atoms with Gasteiger partial charge in [-0.1, -0.05) is 12.1 Å². The summed E-state index contributed by atoms with van der Waals surface area (Å²) < 4.78 is 40.6. The second-order valence-electron chi connectivity index (χ2n) is 7.41. The third-order valence-corrected chi connectivity index (χ3v) is 5.20. The average Bonchev–Trinajstić information content (AvgIpc) is 3.13. The molecule has 174 valence electrons. The minimum absolute atomic E-state index is 0.0526. The first-order chi connectivity index (χ1) is 16.3. The number of Topliss-reactive ketones (excluding diaryl/α,β-unsaturated/α-hetero) is 1. The van der Waals surface area contributed by atoms with Gasteiger partial charge in [0.2, 0.25) is 11.5 Å². The summed E-state index contributed by atoms with van der Waals surface area (Å²) in [5.41, 5.74) is 1.59. The Morgan fingerprint density at radius 2 is 1.68 bits per heavy atom. The molecule has 0 fully saturated rings. The molecule has 0 atom stereocenters. The highest BCUT2D eigenvalue weighted by atomic mass is 19.1. The second-order valence-corrected chi connectivity index (χ2v) is 7.41. The van der Waals surface area contributed by atoms with E-state index in [1.165, 1.54) is 57.7 Å².